The summed E-state index contributed by atoms with van der Waals surface area (Å²) in [5.74, 6) is 1.71. The molecule has 0 spiro atoms. The molecule has 0 aliphatic carbocycles. The average Bonchev–Trinajstić information content (AvgIpc) is 2.37. The summed E-state index contributed by atoms with van der Waals surface area (Å²) < 4.78 is 0. The van der Waals surface area contributed by atoms with E-state index in [0.717, 1.165) is 23.5 Å². The van der Waals surface area contributed by atoms with E-state index in [0.29, 0.717) is 16.6 Å². The van der Waals surface area contributed by atoms with Crippen molar-refractivity contribution in [1.29, 1.82) is 0 Å². The molecule has 1 aromatic carbocycles. The molecule has 106 valence electrons. The number of benzene rings is 1. The van der Waals surface area contributed by atoms with Crippen LogP contribution in [0.2, 0.25) is 10.0 Å². The van der Waals surface area contributed by atoms with Crippen LogP contribution in [0.15, 0.2) is 18.2 Å². The van der Waals surface area contributed by atoms with Crippen LogP contribution in [-0.4, -0.2) is 35.7 Å². The minimum atomic E-state index is -0.0491. The van der Waals surface area contributed by atoms with E-state index in [1.165, 1.54) is 0 Å². The number of carbonyl (C=O) groups excluding carboxylic acids is 1. The third-order valence-corrected chi connectivity index (χ3v) is 4.04. The maximum absolute atomic E-state index is 11.7. The van der Waals surface area contributed by atoms with Crippen molar-refractivity contribution in [2.24, 2.45) is 0 Å². The van der Waals surface area contributed by atoms with E-state index in [-0.39, 0.29) is 18.9 Å². The molecule has 0 aromatic heterocycles. The topological polar surface area (TPSA) is 49.3 Å². The van der Waals surface area contributed by atoms with Gasteiger partial charge < -0.3 is 10.4 Å². The van der Waals surface area contributed by atoms with Crippen molar-refractivity contribution in [1.82, 2.24) is 5.32 Å². The lowest BCUT2D eigenvalue weighted by atomic mass is 10.1. The molecule has 0 heterocycles. The second-order valence-corrected chi connectivity index (χ2v) is 6.02. The monoisotopic (exact) mass is 321 g/mol. The Bertz CT molecular complexity index is 416. The summed E-state index contributed by atoms with van der Waals surface area (Å²) in [6.45, 7) is 0.842. The highest BCUT2D eigenvalue weighted by Gasteiger charge is 2.07. The van der Waals surface area contributed by atoms with Crippen molar-refractivity contribution in [3.8, 4) is 0 Å². The highest BCUT2D eigenvalue weighted by molar-refractivity contribution is 7.99. The van der Waals surface area contributed by atoms with Crippen LogP contribution in [0.5, 0.6) is 0 Å². The number of carbonyl (C=O) groups is 1. The Morgan fingerprint density at radius 2 is 2.11 bits per heavy atom. The summed E-state index contributed by atoms with van der Waals surface area (Å²) >= 11 is 13.5. The zero-order chi connectivity index (χ0) is 14.1. The molecule has 1 aromatic rings. The van der Waals surface area contributed by atoms with Gasteiger partial charge in [-0.15, -0.1) is 0 Å². The first kappa shape index (κ1) is 16.6. The van der Waals surface area contributed by atoms with Crippen LogP contribution in [0.1, 0.15) is 12.0 Å². The predicted molar refractivity (Wildman–Crippen MR) is 82.2 cm³/mol. The molecule has 3 nitrogen and oxygen atoms in total. The maximum Gasteiger partial charge on any atom is 0.224 e. The molecule has 0 atom stereocenters. The fourth-order valence-corrected chi connectivity index (χ4v) is 2.69. The number of rotatable bonds is 8. The number of halogens is 2. The van der Waals surface area contributed by atoms with Gasteiger partial charge in [0.05, 0.1) is 6.42 Å². The summed E-state index contributed by atoms with van der Waals surface area (Å²) in [4.78, 5) is 11.7. The van der Waals surface area contributed by atoms with Gasteiger partial charge in [0.15, 0.2) is 0 Å². The number of nitrogens with one attached hydrogen (secondary N) is 1. The lowest BCUT2D eigenvalue weighted by Crippen LogP contribution is -2.27. The third kappa shape index (κ3) is 7.06. The summed E-state index contributed by atoms with van der Waals surface area (Å²) in [7, 11) is 0. The number of amides is 1. The number of thioether (sulfide) groups is 1. The highest BCUT2D eigenvalue weighted by atomic mass is 35.5. The molecular weight excluding hydrogens is 305 g/mol. The van der Waals surface area contributed by atoms with Crippen molar-refractivity contribution >= 4 is 40.9 Å². The van der Waals surface area contributed by atoms with Crippen LogP contribution in [-0.2, 0) is 11.2 Å². The van der Waals surface area contributed by atoms with Gasteiger partial charge in [0.1, 0.15) is 0 Å². The summed E-state index contributed by atoms with van der Waals surface area (Å²) in [6.07, 6.45) is 1.05. The summed E-state index contributed by atoms with van der Waals surface area (Å²) in [5.41, 5.74) is 0.775. The van der Waals surface area contributed by atoms with E-state index in [1.54, 1.807) is 30.0 Å². The Morgan fingerprint density at radius 1 is 1.32 bits per heavy atom. The number of aliphatic hydroxyl groups is 1. The fraction of sp³-hybridized carbons (Fsp3) is 0.462. The van der Waals surface area contributed by atoms with Gasteiger partial charge in [-0.05, 0) is 29.9 Å². The zero-order valence-corrected chi connectivity index (χ0v) is 12.8. The van der Waals surface area contributed by atoms with Crippen LogP contribution >= 0.6 is 35.0 Å². The van der Waals surface area contributed by atoms with E-state index in [4.69, 9.17) is 28.3 Å². The van der Waals surface area contributed by atoms with E-state index < -0.39 is 0 Å². The second kappa shape index (κ2) is 9.48. The first-order chi connectivity index (χ1) is 9.13. The van der Waals surface area contributed by atoms with Crippen LogP contribution in [0.4, 0.5) is 0 Å². The van der Waals surface area contributed by atoms with E-state index in [9.17, 15) is 4.79 Å². The van der Waals surface area contributed by atoms with E-state index >= 15 is 0 Å². The molecule has 19 heavy (non-hydrogen) atoms. The SMILES string of the molecule is O=C(Cc1ccc(Cl)cc1Cl)NCCSCCCO. The van der Waals surface area contributed by atoms with Gasteiger partial charge >= 0.3 is 0 Å². The van der Waals surface area contributed by atoms with Crippen molar-refractivity contribution < 1.29 is 9.90 Å². The quantitative estimate of drug-likeness (QED) is 0.724. The molecule has 0 bridgehead atoms. The van der Waals surface area contributed by atoms with E-state index in [2.05, 4.69) is 5.32 Å². The molecule has 0 unspecified atom stereocenters. The Labute approximate surface area is 127 Å². The van der Waals surface area contributed by atoms with Gasteiger partial charge in [-0.2, -0.15) is 11.8 Å². The first-order valence-electron chi connectivity index (χ1n) is 6.02. The molecule has 0 radical (unpaired) electrons. The maximum atomic E-state index is 11.7. The number of hydrogen-bond donors (Lipinski definition) is 2. The van der Waals surface area contributed by atoms with Crippen LogP contribution in [0.3, 0.4) is 0 Å². The third-order valence-electron chi connectivity index (χ3n) is 2.38. The minimum Gasteiger partial charge on any atom is -0.396 e. The Hall–Kier alpha value is -0.420. The number of hydrogen-bond acceptors (Lipinski definition) is 3. The van der Waals surface area contributed by atoms with Gasteiger partial charge in [-0.25, -0.2) is 0 Å². The normalized spacial score (nSPS) is 10.5. The fourth-order valence-electron chi connectivity index (χ4n) is 1.43. The molecule has 6 heteroatoms. The smallest absolute Gasteiger partial charge is 0.224 e. The van der Waals surface area contributed by atoms with Crippen LogP contribution < -0.4 is 5.32 Å². The molecule has 0 aliphatic rings. The standard InChI is InChI=1S/C13H17Cl2NO2S/c14-11-3-2-10(12(15)9-11)8-13(18)16-4-7-19-6-1-5-17/h2-3,9,17H,1,4-8H2,(H,16,18). The lowest BCUT2D eigenvalue weighted by Gasteiger charge is -2.07. The van der Waals surface area contributed by atoms with Crippen molar-refractivity contribution in [2.75, 3.05) is 24.7 Å². The Morgan fingerprint density at radius 3 is 2.79 bits per heavy atom. The Kier molecular flexibility index (Phi) is 8.30. The second-order valence-electron chi connectivity index (χ2n) is 3.95. The predicted octanol–water partition coefficient (Wildman–Crippen LogP) is 2.77. The molecule has 1 amide bonds. The first-order valence-corrected chi connectivity index (χ1v) is 7.93. The zero-order valence-electron chi connectivity index (χ0n) is 10.5. The largest absolute Gasteiger partial charge is 0.396 e. The lowest BCUT2D eigenvalue weighted by molar-refractivity contribution is -0.120. The molecular formula is C13H17Cl2NO2S. The van der Waals surface area contributed by atoms with Crippen molar-refractivity contribution in [2.45, 2.75) is 12.8 Å². The molecule has 2 N–H and O–H groups in total. The van der Waals surface area contributed by atoms with Crippen LogP contribution in [0.25, 0.3) is 0 Å². The van der Waals surface area contributed by atoms with Gasteiger partial charge in [0.2, 0.25) is 5.91 Å². The molecule has 0 fully saturated rings. The van der Waals surface area contributed by atoms with E-state index in [1.807, 2.05) is 0 Å². The van der Waals surface area contributed by atoms with Gasteiger partial charge in [-0.3, -0.25) is 4.79 Å². The Balaban J connectivity index is 2.23. The molecule has 0 aliphatic heterocycles. The average molecular weight is 322 g/mol. The van der Waals surface area contributed by atoms with Gasteiger partial charge in [0.25, 0.3) is 0 Å². The van der Waals surface area contributed by atoms with Crippen molar-refractivity contribution in [3.63, 3.8) is 0 Å². The highest BCUT2D eigenvalue weighted by Crippen LogP contribution is 2.21. The molecule has 0 saturated heterocycles. The van der Waals surface area contributed by atoms with Gasteiger partial charge in [-0.1, -0.05) is 29.3 Å². The van der Waals surface area contributed by atoms with Crippen LogP contribution in [0, 0.1) is 0 Å². The number of aliphatic hydroxyl groups excluding tert-OH is 1. The minimum absolute atomic E-state index is 0.0491. The summed E-state index contributed by atoms with van der Waals surface area (Å²) in [5, 5.41) is 12.5. The van der Waals surface area contributed by atoms with Crippen molar-refractivity contribution in [3.05, 3.63) is 33.8 Å². The van der Waals surface area contributed by atoms with Gasteiger partial charge in [0, 0.05) is 28.9 Å². The molecule has 1 rings (SSSR count). The summed E-state index contributed by atoms with van der Waals surface area (Å²) in [6, 6.07) is 5.12. The molecule has 0 saturated carbocycles.